The summed E-state index contributed by atoms with van der Waals surface area (Å²) in [5, 5.41) is 32.0. The van der Waals surface area contributed by atoms with Crippen molar-refractivity contribution in [2.24, 2.45) is 17.3 Å². The molecule has 5 nitrogen and oxygen atoms in total. The van der Waals surface area contributed by atoms with E-state index < -0.39 is 18.2 Å². The maximum absolute atomic E-state index is 12.3. The van der Waals surface area contributed by atoms with Gasteiger partial charge >= 0.3 is 5.97 Å². The van der Waals surface area contributed by atoms with Crippen LogP contribution < -0.4 is 0 Å². The average molecular weight is 447 g/mol. The number of ketones is 1. The SMILES string of the molecule is O=C(O)CCCC=CC[C@H]1C(=O)C[C@@H](O)[C@H]1C=CCC(O)C1(Cc2cccs2)CCC1. The minimum absolute atomic E-state index is 0.0443. The molecule has 3 rings (SSSR count). The van der Waals surface area contributed by atoms with E-state index in [9.17, 15) is 19.8 Å². The Hall–Kier alpha value is -1.76. The first-order valence-corrected chi connectivity index (χ1v) is 12.2. The van der Waals surface area contributed by atoms with Gasteiger partial charge in [0.25, 0.3) is 0 Å². The lowest BCUT2D eigenvalue weighted by Crippen LogP contribution is -2.42. The van der Waals surface area contributed by atoms with Crippen LogP contribution in [0.15, 0.2) is 41.8 Å². The van der Waals surface area contributed by atoms with Crippen LogP contribution in [0.1, 0.15) is 62.7 Å². The summed E-state index contributed by atoms with van der Waals surface area (Å²) in [5.41, 5.74) is -0.0443. The smallest absolute Gasteiger partial charge is 0.303 e. The second-order valence-electron chi connectivity index (χ2n) is 9.07. The lowest BCUT2D eigenvalue weighted by Gasteiger charge is -2.45. The Morgan fingerprint density at radius 2 is 2.10 bits per heavy atom. The van der Waals surface area contributed by atoms with E-state index in [4.69, 9.17) is 5.11 Å². The van der Waals surface area contributed by atoms with Crippen LogP contribution in [0, 0.1) is 17.3 Å². The summed E-state index contributed by atoms with van der Waals surface area (Å²) in [5.74, 6) is -1.19. The molecule has 1 aromatic heterocycles. The van der Waals surface area contributed by atoms with Crippen molar-refractivity contribution in [3.8, 4) is 0 Å². The number of carbonyl (C=O) groups is 2. The Bertz CT molecular complexity index is 778. The summed E-state index contributed by atoms with van der Waals surface area (Å²) >= 11 is 1.74. The van der Waals surface area contributed by atoms with Gasteiger partial charge in [0.05, 0.1) is 12.2 Å². The zero-order valence-corrected chi connectivity index (χ0v) is 18.8. The Balaban J connectivity index is 1.52. The molecule has 31 heavy (non-hydrogen) atoms. The van der Waals surface area contributed by atoms with Crippen molar-refractivity contribution in [2.45, 2.75) is 76.4 Å². The first-order chi connectivity index (χ1) is 14.9. The van der Waals surface area contributed by atoms with Gasteiger partial charge in [-0.15, -0.1) is 11.3 Å². The summed E-state index contributed by atoms with van der Waals surface area (Å²) in [7, 11) is 0. The average Bonchev–Trinajstić information content (AvgIpc) is 3.29. The summed E-state index contributed by atoms with van der Waals surface area (Å²) in [6.45, 7) is 0. The van der Waals surface area contributed by atoms with E-state index in [0.717, 1.165) is 25.7 Å². The van der Waals surface area contributed by atoms with Gasteiger partial charge in [-0.25, -0.2) is 0 Å². The maximum atomic E-state index is 12.3. The number of carbonyl (C=O) groups excluding carboxylic acids is 1. The van der Waals surface area contributed by atoms with Gasteiger partial charge in [-0.05, 0) is 56.4 Å². The Morgan fingerprint density at radius 3 is 2.74 bits per heavy atom. The monoisotopic (exact) mass is 446 g/mol. The van der Waals surface area contributed by atoms with Gasteiger partial charge in [0.2, 0.25) is 0 Å². The summed E-state index contributed by atoms with van der Waals surface area (Å²) in [6, 6.07) is 4.19. The van der Waals surface area contributed by atoms with E-state index in [-0.39, 0.29) is 35.9 Å². The first kappa shape index (κ1) is 23.9. The lowest BCUT2D eigenvalue weighted by atomic mass is 9.62. The minimum Gasteiger partial charge on any atom is -0.481 e. The van der Waals surface area contributed by atoms with Crippen molar-refractivity contribution in [1.29, 1.82) is 0 Å². The summed E-state index contributed by atoms with van der Waals surface area (Å²) < 4.78 is 0. The third kappa shape index (κ3) is 6.37. The van der Waals surface area contributed by atoms with Crippen LogP contribution in [-0.2, 0) is 16.0 Å². The largest absolute Gasteiger partial charge is 0.481 e. The molecule has 0 radical (unpaired) electrons. The van der Waals surface area contributed by atoms with Crippen LogP contribution in [0.4, 0.5) is 0 Å². The number of carboxylic acids is 1. The second kappa shape index (κ2) is 11.2. The summed E-state index contributed by atoms with van der Waals surface area (Å²) in [4.78, 5) is 24.2. The van der Waals surface area contributed by atoms with Crippen LogP contribution in [0.3, 0.4) is 0 Å². The predicted molar refractivity (Wildman–Crippen MR) is 122 cm³/mol. The number of aliphatic carboxylic acids is 1. The molecule has 1 heterocycles. The third-order valence-corrected chi connectivity index (χ3v) is 7.81. The molecule has 0 amide bonds. The molecule has 2 aliphatic carbocycles. The van der Waals surface area contributed by atoms with Crippen molar-refractivity contribution in [1.82, 2.24) is 0 Å². The van der Waals surface area contributed by atoms with E-state index in [1.807, 2.05) is 24.3 Å². The number of unbranched alkanes of at least 4 members (excludes halogenated alkanes) is 1. The first-order valence-electron chi connectivity index (χ1n) is 11.4. The number of aliphatic hydroxyl groups is 2. The summed E-state index contributed by atoms with van der Waals surface area (Å²) in [6.07, 6.45) is 13.5. The minimum atomic E-state index is -0.797. The zero-order valence-electron chi connectivity index (χ0n) is 18.0. The molecule has 2 aliphatic rings. The molecule has 0 saturated heterocycles. The molecule has 4 atom stereocenters. The van der Waals surface area contributed by atoms with Crippen molar-refractivity contribution >= 4 is 23.1 Å². The quantitative estimate of drug-likeness (QED) is 0.324. The Morgan fingerprint density at radius 1 is 1.29 bits per heavy atom. The van der Waals surface area contributed by atoms with E-state index in [0.29, 0.717) is 25.7 Å². The molecule has 0 spiro atoms. The molecular weight excluding hydrogens is 412 g/mol. The number of allylic oxidation sites excluding steroid dienone is 2. The molecule has 6 heteroatoms. The van der Waals surface area contributed by atoms with E-state index in [1.54, 1.807) is 11.3 Å². The molecule has 170 valence electrons. The fourth-order valence-electron chi connectivity index (χ4n) is 4.89. The highest BCUT2D eigenvalue weighted by Gasteiger charge is 2.43. The number of hydrogen-bond acceptors (Lipinski definition) is 5. The molecule has 1 aromatic rings. The van der Waals surface area contributed by atoms with Crippen LogP contribution in [-0.4, -0.2) is 39.3 Å². The third-order valence-electron chi connectivity index (χ3n) is 6.93. The number of Topliss-reactive ketones (excluding diaryl/α,β-unsaturated/α-hetero) is 1. The van der Waals surface area contributed by atoms with Gasteiger partial charge in [-0.2, -0.15) is 0 Å². The number of aliphatic hydroxyl groups excluding tert-OH is 2. The standard InChI is InChI=1S/C25H34O5S/c26-21-16-22(27)20(19(21)9-3-1-2-4-12-24(29)30)10-5-11-23(28)25(13-7-14-25)17-18-8-6-15-31-18/h1,3,5-6,8,10,15,19-20,22-23,27-28H,2,4,7,9,11-14,16-17H2,(H,29,30)/t19-,20+,22-,23?/m1/s1. The van der Waals surface area contributed by atoms with Gasteiger partial charge in [0.1, 0.15) is 5.78 Å². The van der Waals surface area contributed by atoms with E-state index in [1.165, 1.54) is 4.88 Å². The van der Waals surface area contributed by atoms with Crippen LogP contribution in [0.25, 0.3) is 0 Å². The lowest BCUT2D eigenvalue weighted by molar-refractivity contribution is -0.137. The number of thiophene rings is 1. The molecule has 0 aromatic carbocycles. The molecule has 0 bridgehead atoms. The fraction of sp³-hybridized carbons (Fsp3) is 0.600. The van der Waals surface area contributed by atoms with Crippen LogP contribution in [0.2, 0.25) is 0 Å². The highest BCUT2D eigenvalue weighted by Crippen LogP contribution is 2.48. The van der Waals surface area contributed by atoms with Crippen molar-refractivity contribution < 1.29 is 24.9 Å². The molecule has 1 unspecified atom stereocenters. The van der Waals surface area contributed by atoms with Crippen molar-refractivity contribution in [3.05, 3.63) is 46.7 Å². The van der Waals surface area contributed by atoms with Gasteiger partial charge in [0.15, 0.2) is 0 Å². The van der Waals surface area contributed by atoms with E-state index in [2.05, 4.69) is 17.5 Å². The van der Waals surface area contributed by atoms with E-state index >= 15 is 0 Å². The van der Waals surface area contributed by atoms with Gasteiger partial charge < -0.3 is 15.3 Å². The molecule has 2 saturated carbocycles. The predicted octanol–water partition coefficient (Wildman–Crippen LogP) is 4.54. The molecule has 0 aliphatic heterocycles. The number of rotatable bonds is 12. The molecule has 3 N–H and O–H groups in total. The van der Waals surface area contributed by atoms with Crippen molar-refractivity contribution in [3.63, 3.8) is 0 Å². The normalized spacial score (nSPS) is 26.5. The van der Waals surface area contributed by atoms with Gasteiger partial charge in [0, 0.05) is 35.0 Å². The van der Waals surface area contributed by atoms with Crippen LogP contribution >= 0.6 is 11.3 Å². The van der Waals surface area contributed by atoms with Gasteiger partial charge in [-0.3, -0.25) is 9.59 Å². The zero-order chi connectivity index (χ0) is 22.3. The van der Waals surface area contributed by atoms with Gasteiger partial charge in [-0.1, -0.05) is 36.8 Å². The highest BCUT2D eigenvalue weighted by atomic mass is 32.1. The maximum Gasteiger partial charge on any atom is 0.303 e. The topological polar surface area (TPSA) is 94.8 Å². The fourth-order valence-corrected chi connectivity index (χ4v) is 5.75. The molecular formula is C25H34O5S. The second-order valence-corrected chi connectivity index (χ2v) is 10.1. The number of carboxylic acid groups (broad SMARTS) is 1. The Labute approximate surface area is 188 Å². The Kier molecular flexibility index (Phi) is 8.64. The number of hydrogen-bond donors (Lipinski definition) is 3. The molecule has 2 fully saturated rings. The highest BCUT2D eigenvalue weighted by molar-refractivity contribution is 7.09. The van der Waals surface area contributed by atoms with Crippen LogP contribution in [0.5, 0.6) is 0 Å². The van der Waals surface area contributed by atoms with Crippen molar-refractivity contribution in [2.75, 3.05) is 0 Å².